The molecule has 0 amide bonds. The topological polar surface area (TPSA) is 16.4 Å². The van der Waals surface area contributed by atoms with Crippen LogP contribution in [0, 0.1) is 6.92 Å². The molecule has 0 unspecified atom stereocenters. The summed E-state index contributed by atoms with van der Waals surface area (Å²) in [4.78, 5) is 2.53. The third-order valence-electron chi connectivity index (χ3n) is 3.87. The second kappa shape index (κ2) is 5.15. The number of aryl methyl sites for hydroxylation is 1. The molecule has 0 saturated carbocycles. The van der Waals surface area contributed by atoms with Gasteiger partial charge in [-0.05, 0) is 44.5 Å². The Kier molecular flexibility index (Phi) is 3.37. The van der Waals surface area contributed by atoms with E-state index in [0.29, 0.717) is 0 Å². The maximum atomic E-state index is 6.00. The molecule has 96 valence electrons. The summed E-state index contributed by atoms with van der Waals surface area (Å²) in [5, 5.41) is 1.24. The predicted octanol–water partition coefficient (Wildman–Crippen LogP) is 4.12. The van der Waals surface area contributed by atoms with Gasteiger partial charge in [-0.25, -0.2) is 0 Å². The van der Waals surface area contributed by atoms with Crippen molar-refractivity contribution in [2.24, 2.45) is 0 Å². The van der Waals surface area contributed by atoms with Gasteiger partial charge in [0.15, 0.2) is 0 Å². The third kappa shape index (κ3) is 2.44. The molecule has 2 aromatic rings. The number of hydrogen-bond acceptors (Lipinski definition) is 2. The van der Waals surface area contributed by atoms with Crippen molar-refractivity contribution >= 4 is 11.0 Å². The number of fused-ring (bicyclic) bond motifs is 1. The van der Waals surface area contributed by atoms with Crippen LogP contribution in [0.2, 0.25) is 0 Å². The van der Waals surface area contributed by atoms with Crippen molar-refractivity contribution in [1.29, 1.82) is 0 Å². The van der Waals surface area contributed by atoms with Gasteiger partial charge in [0.2, 0.25) is 0 Å². The van der Waals surface area contributed by atoms with Crippen molar-refractivity contribution in [2.75, 3.05) is 13.1 Å². The zero-order chi connectivity index (χ0) is 12.4. The monoisotopic (exact) mass is 243 g/mol. The molecule has 18 heavy (non-hydrogen) atoms. The zero-order valence-corrected chi connectivity index (χ0v) is 11.1. The SMILES string of the molecule is Cc1cccc2cc(CN3CCCCCC3)oc12. The van der Waals surface area contributed by atoms with Gasteiger partial charge in [0.1, 0.15) is 11.3 Å². The van der Waals surface area contributed by atoms with Crippen molar-refractivity contribution in [3.63, 3.8) is 0 Å². The van der Waals surface area contributed by atoms with E-state index in [1.165, 1.54) is 49.7 Å². The van der Waals surface area contributed by atoms with E-state index in [0.717, 1.165) is 17.9 Å². The highest BCUT2D eigenvalue weighted by atomic mass is 16.3. The predicted molar refractivity (Wildman–Crippen MR) is 74.7 cm³/mol. The lowest BCUT2D eigenvalue weighted by Crippen LogP contribution is -2.23. The highest BCUT2D eigenvalue weighted by Crippen LogP contribution is 2.24. The number of likely N-dealkylation sites (tertiary alicyclic amines) is 1. The van der Waals surface area contributed by atoms with Crippen molar-refractivity contribution in [1.82, 2.24) is 4.90 Å². The summed E-state index contributed by atoms with van der Waals surface area (Å²) in [5.41, 5.74) is 2.29. The minimum atomic E-state index is 0.966. The second-order valence-corrected chi connectivity index (χ2v) is 5.40. The van der Waals surface area contributed by atoms with Gasteiger partial charge < -0.3 is 4.42 Å². The van der Waals surface area contributed by atoms with Crippen molar-refractivity contribution in [3.05, 3.63) is 35.6 Å². The van der Waals surface area contributed by atoms with E-state index in [9.17, 15) is 0 Å². The first-order valence-corrected chi connectivity index (χ1v) is 7.03. The van der Waals surface area contributed by atoms with Crippen molar-refractivity contribution in [3.8, 4) is 0 Å². The summed E-state index contributed by atoms with van der Waals surface area (Å²) in [6.07, 6.45) is 5.43. The molecule has 0 bridgehead atoms. The standard InChI is InChI=1S/C16H21NO/c1-13-7-6-8-14-11-15(18-16(13)14)12-17-9-4-2-3-5-10-17/h6-8,11H,2-5,9-10,12H2,1H3. The Morgan fingerprint density at radius 3 is 2.61 bits per heavy atom. The van der Waals surface area contributed by atoms with E-state index in [2.05, 4.69) is 36.1 Å². The second-order valence-electron chi connectivity index (χ2n) is 5.40. The highest BCUT2D eigenvalue weighted by Gasteiger charge is 2.12. The first-order chi connectivity index (χ1) is 8.83. The quantitative estimate of drug-likeness (QED) is 0.789. The van der Waals surface area contributed by atoms with Crippen LogP contribution in [0.3, 0.4) is 0 Å². The molecule has 2 nitrogen and oxygen atoms in total. The van der Waals surface area contributed by atoms with Crippen molar-refractivity contribution < 1.29 is 4.42 Å². The molecule has 2 heteroatoms. The maximum absolute atomic E-state index is 6.00. The first-order valence-electron chi connectivity index (χ1n) is 7.03. The van der Waals surface area contributed by atoms with Crippen LogP contribution in [0.25, 0.3) is 11.0 Å². The minimum Gasteiger partial charge on any atom is -0.459 e. The number of rotatable bonds is 2. The first kappa shape index (κ1) is 11.8. The fourth-order valence-electron chi connectivity index (χ4n) is 2.85. The van der Waals surface area contributed by atoms with E-state index >= 15 is 0 Å². The summed E-state index contributed by atoms with van der Waals surface area (Å²) in [6, 6.07) is 8.55. The molecule has 0 radical (unpaired) electrons. The van der Waals surface area contributed by atoms with E-state index in [4.69, 9.17) is 4.42 Å². The van der Waals surface area contributed by atoms with Gasteiger partial charge in [-0.1, -0.05) is 31.0 Å². The zero-order valence-electron chi connectivity index (χ0n) is 11.1. The number of hydrogen-bond donors (Lipinski definition) is 0. The Morgan fingerprint density at radius 2 is 1.89 bits per heavy atom. The van der Waals surface area contributed by atoms with Gasteiger partial charge in [0.05, 0.1) is 6.54 Å². The molecule has 0 N–H and O–H groups in total. The Labute approximate surface area is 109 Å². The summed E-state index contributed by atoms with van der Waals surface area (Å²) < 4.78 is 6.00. The van der Waals surface area contributed by atoms with Crippen LogP contribution >= 0.6 is 0 Å². The van der Waals surface area contributed by atoms with E-state index < -0.39 is 0 Å². The van der Waals surface area contributed by atoms with Crippen molar-refractivity contribution in [2.45, 2.75) is 39.2 Å². The molecule has 1 fully saturated rings. The molecule has 1 aliphatic heterocycles. The normalized spacial score (nSPS) is 18.1. The van der Waals surface area contributed by atoms with Crippen LogP contribution in [-0.2, 0) is 6.54 Å². The van der Waals surface area contributed by atoms with Gasteiger partial charge in [-0.2, -0.15) is 0 Å². The van der Waals surface area contributed by atoms with Gasteiger partial charge in [-0.15, -0.1) is 0 Å². The Hall–Kier alpha value is -1.28. The van der Waals surface area contributed by atoms with Crippen LogP contribution in [0.5, 0.6) is 0 Å². The number of nitrogens with zero attached hydrogens (tertiary/aromatic N) is 1. The summed E-state index contributed by atoms with van der Waals surface area (Å²) in [5.74, 6) is 1.11. The van der Waals surface area contributed by atoms with E-state index in [-0.39, 0.29) is 0 Å². The molecular formula is C16H21NO. The van der Waals surface area contributed by atoms with Crippen LogP contribution in [0.4, 0.5) is 0 Å². The number of para-hydroxylation sites is 1. The molecule has 0 spiro atoms. The van der Waals surface area contributed by atoms with Gasteiger partial charge in [-0.3, -0.25) is 4.90 Å². The lowest BCUT2D eigenvalue weighted by molar-refractivity contribution is 0.256. The Balaban J connectivity index is 1.79. The van der Waals surface area contributed by atoms with Crippen LogP contribution in [0.15, 0.2) is 28.7 Å². The molecule has 1 aliphatic rings. The molecule has 1 aromatic carbocycles. The fraction of sp³-hybridized carbons (Fsp3) is 0.500. The average Bonchev–Trinajstić information content (AvgIpc) is 2.60. The maximum Gasteiger partial charge on any atom is 0.137 e. The average molecular weight is 243 g/mol. The lowest BCUT2D eigenvalue weighted by Gasteiger charge is -2.17. The molecule has 1 saturated heterocycles. The molecule has 0 atom stereocenters. The van der Waals surface area contributed by atoms with Gasteiger partial charge in [0.25, 0.3) is 0 Å². The van der Waals surface area contributed by atoms with Gasteiger partial charge >= 0.3 is 0 Å². The number of benzene rings is 1. The highest BCUT2D eigenvalue weighted by molar-refractivity contribution is 5.80. The molecular weight excluding hydrogens is 222 g/mol. The summed E-state index contributed by atoms with van der Waals surface area (Å²) in [7, 11) is 0. The molecule has 2 heterocycles. The fourth-order valence-corrected chi connectivity index (χ4v) is 2.85. The minimum absolute atomic E-state index is 0.966. The summed E-state index contributed by atoms with van der Waals surface area (Å²) in [6.45, 7) is 5.52. The molecule has 3 rings (SSSR count). The molecule has 0 aliphatic carbocycles. The Morgan fingerprint density at radius 1 is 1.11 bits per heavy atom. The van der Waals surface area contributed by atoms with Gasteiger partial charge in [0, 0.05) is 5.39 Å². The number of furan rings is 1. The Bertz CT molecular complexity index is 521. The smallest absolute Gasteiger partial charge is 0.137 e. The summed E-state index contributed by atoms with van der Waals surface area (Å²) >= 11 is 0. The molecule has 1 aromatic heterocycles. The lowest BCUT2D eigenvalue weighted by atomic mass is 10.2. The van der Waals surface area contributed by atoms with Crippen LogP contribution in [0.1, 0.15) is 37.0 Å². The van der Waals surface area contributed by atoms with E-state index in [1.807, 2.05) is 0 Å². The third-order valence-corrected chi connectivity index (χ3v) is 3.87. The largest absolute Gasteiger partial charge is 0.459 e. The van der Waals surface area contributed by atoms with E-state index in [1.54, 1.807) is 0 Å². The van der Waals surface area contributed by atoms with Crippen LogP contribution < -0.4 is 0 Å². The van der Waals surface area contributed by atoms with Crippen LogP contribution in [-0.4, -0.2) is 18.0 Å².